The first kappa shape index (κ1) is 9.51. The second-order valence-corrected chi connectivity index (χ2v) is 5.68. The molecule has 13 heavy (non-hydrogen) atoms. The minimum absolute atomic E-state index is 0.147. The molecule has 0 aromatic carbocycles. The first-order valence-corrected chi connectivity index (χ1v) is 5.58. The molecule has 3 saturated carbocycles. The third-order valence-electron chi connectivity index (χ3n) is 4.42. The lowest BCUT2D eigenvalue weighted by atomic mass is 9.45. The van der Waals surface area contributed by atoms with Gasteiger partial charge < -0.3 is 0 Å². The van der Waals surface area contributed by atoms with Crippen LogP contribution < -0.4 is 0 Å². The van der Waals surface area contributed by atoms with E-state index in [0.29, 0.717) is 17.8 Å². The van der Waals surface area contributed by atoms with Gasteiger partial charge in [-0.2, -0.15) is 0 Å². The Kier molecular flexibility index (Phi) is 2.18. The fraction of sp³-hybridized carbons (Fsp3) is 0.909. The van der Waals surface area contributed by atoms with Crippen molar-refractivity contribution < 1.29 is 4.79 Å². The van der Waals surface area contributed by atoms with E-state index in [4.69, 9.17) is 11.6 Å². The van der Waals surface area contributed by atoms with Gasteiger partial charge in [0.15, 0.2) is 0 Å². The third-order valence-corrected chi connectivity index (χ3v) is 4.58. The van der Waals surface area contributed by atoms with E-state index in [1.165, 1.54) is 19.3 Å². The first-order chi connectivity index (χ1) is 6.01. The molecule has 0 saturated heterocycles. The van der Waals surface area contributed by atoms with Crippen LogP contribution in [-0.4, -0.2) is 5.24 Å². The van der Waals surface area contributed by atoms with E-state index in [2.05, 4.69) is 13.8 Å². The first-order valence-electron chi connectivity index (χ1n) is 5.20. The fourth-order valence-electron chi connectivity index (χ4n) is 3.41. The van der Waals surface area contributed by atoms with Crippen molar-refractivity contribution in [3.8, 4) is 0 Å². The average molecular weight is 201 g/mol. The number of hydrogen-bond acceptors (Lipinski definition) is 1. The number of hydrogen-bond donors (Lipinski definition) is 0. The van der Waals surface area contributed by atoms with Crippen LogP contribution in [0.5, 0.6) is 0 Å². The molecule has 0 radical (unpaired) electrons. The molecule has 0 heterocycles. The van der Waals surface area contributed by atoms with Crippen LogP contribution in [0.4, 0.5) is 0 Å². The van der Waals surface area contributed by atoms with Crippen LogP contribution in [-0.2, 0) is 4.79 Å². The molecule has 3 atom stereocenters. The SMILES string of the molecule is CC1(C)[C@H]2CC[C@@H](CC(=O)Cl)[C@H]1C2. The second kappa shape index (κ2) is 2.98. The summed E-state index contributed by atoms with van der Waals surface area (Å²) in [4.78, 5) is 10.9. The standard InChI is InChI=1S/C11H17ClO/c1-11(2)8-4-3-7(5-10(12)13)9(11)6-8/h7-9H,3-6H2,1-2H3/t7-,8-,9+/m0/s1. The molecule has 0 N–H and O–H groups in total. The Balaban J connectivity index is 2.03. The summed E-state index contributed by atoms with van der Waals surface area (Å²) in [6, 6.07) is 0. The van der Waals surface area contributed by atoms with Crippen LogP contribution >= 0.6 is 11.6 Å². The Morgan fingerprint density at radius 1 is 1.46 bits per heavy atom. The van der Waals surface area contributed by atoms with Crippen molar-refractivity contribution in [2.75, 3.05) is 0 Å². The highest BCUT2D eigenvalue weighted by Gasteiger charge is 2.54. The van der Waals surface area contributed by atoms with E-state index in [1.54, 1.807) is 0 Å². The maximum Gasteiger partial charge on any atom is 0.221 e. The number of fused-ring (bicyclic) bond motifs is 2. The zero-order valence-corrected chi connectivity index (χ0v) is 9.10. The Labute approximate surface area is 84.8 Å². The van der Waals surface area contributed by atoms with Crippen LogP contribution in [0.2, 0.25) is 0 Å². The largest absolute Gasteiger partial charge is 0.281 e. The van der Waals surface area contributed by atoms with Crippen molar-refractivity contribution in [2.24, 2.45) is 23.2 Å². The quantitative estimate of drug-likeness (QED) is 0.626. The normalized spacial score (nSPS) is 41.0. The highest BCUT2D eigenvalue weighted by molar-refractivity contribution is 6.63. The minimum Gasteiger partial charge on any atom is -0.281 e. The maximum atomic E-state index is 10.9. The highest BCUT2D eigenvalue weighted by Crippen LogP contribution is 2.62. The molecule has 2 bridgehead atoms. The number of carbonyl (C=O) groups excluding carboxylic acids is 1. The predicted octanol–water partition coefficient (Wildman–Crippen LogP) is 3.21. The molecule has 0 aliphatic heterocycles. The number of carbonyl (C=O) groups is 1. The van der Waals surface area contributed by atoms with Crippen molar-refractivity contribution >= 4 is 16.8 Å². The molecule has 0 unspecified atom stereocenters. The summed E-state index contributed by atoms with van der Waals surface area (Å²) in [5.41, 5.74) is 0.481. The maximum absolute atomic E-state index is 10.9. The van der Waals surface area contributed by atoms with Gasteiger partial charge in [-0.15, -0.1) is 0 Å². The number of halogens is 1. The summed E-state index contributed by atoms with van der Waals surface area (Å²) < 4.78 is 0. The van der Waals surface area contributed by atoms with Gasteiger partial charge in [0.2, 0.25) is 5.24 Å². The topological polar surface area (TPSA) is 17.1 Å². The fourth-order valence-corrected chi connectivity index (χ4v) is 3.61. The van der Waals surface area contributed by atoms with Gasteiger partial charge in [-0.1, -0.05) is 13.8 Å². The van der Waals surface area contributed by atoms with Crippen molar-refractivity contribution in [1.82, 2.24) is 0 Å². The third kappa shape index (κ3) is 1.41. The van der Waals surface area contributed by atoms with E-state index < -0.39 is 0 Å². The van der Waals surface area contributed by atoms with Gasteiger partial charge in [-0.25, -0.2) is 0 Å². The van der Waals surface area contributed by atoms with E-state index in [1.807, 2.05) is 0 Å². The van der Waals surface area contributed by atoms with Crippen LogP contribution in [0.25, 0.3) is 0 Å². The van der Waals surface area contributed by atoms with Crippen molar-refractivity contribution in [2.45, 2.75) is 39.5 Å². The molecular weight excluding hydrogens is 184 g/mol. The van der Waals surface area contributed by atoms with Crippen molar-refractivity contribution in [3.63, 3.8) is 0 Å². The minimum atomic E-state index is -0.147. The lowest BCUT2D eigenvalue weighted by molar-refractivity contribution is -0.125. The molecule has 0 amide bonds. The lowest BCUT2D eigenvalue weighted by Crippen LogP contribution is -2.52. The van der Waals surface area contributed by atoms with E-state index in [-0.39, 0.29) is 5.24 Å². The predicted molar refractivity (Wildman–Crippen MR) is 53.6 cm³/mol. The molecule has 3 aliphatic carbocycles. The molecule has 3 fully saturated rings. The zero-order chi connectivity index (χ0) is 9.64. The van der Waals surface area contributed by atoms with E-state index in [0.717, 1.165) is 11.8 Å². The molecule has 3 rings (SSSR count). The Morgan fingerprint density at radius 3 is 2.62 bits per heavy atom. The van der Waals surface area contributed by atoms with Crippen molar-refractivity contribution in [3.05, 3.63) is 0 Å². The molecule has 0 spiro atoms. The molecule has 0 aromatic heterocycles. The Bertz CT molecular complexity index is 232. The molecule has 3 aliphatic rings. The summed E-state index contributed by atoms with van der Waals surface area (Å²) in [7, 11) is 0. The zero-order valence-electron chi connectivity index (χ0n) is 8.35. The van der Waals surface area contributed by atoms with Gasteiger partial charge in [0.1, 0.15) is 0 Å². The molecule has 0 aromatic rings. The second-order valence-electron chi connectivity index (χ2n) is 5.26. The molecule has 74 valence electrons. The Morgan fingerprint density at radius 2 is 2.15 bits per heavy atom. The molecule has 2 heteroatoms. The van der Waals surface area contributed by atoms with Gasteiger partial charge in [0.25, 0.3) is 0 Å². The van der Waals surface area contributed by atoms with Crippen LogP contribution in [0.1, 0.15) is 39.5 Å². The summed E-state index contributed by atoms with van der Waals surface area (Å²) in [6.45, 7) is 4.69. The van der Waals surface area contributed by atoms with E-state index >= 15 is 0 Å². The summed E-state index contributed by atoms with van der Waals surface area (Å²) in [5.74, 6) is 2.25. The van der Waals surface area contributed by atoms with Crippen LogP contribution in [0.3, 0.4) is 0 Å². The molecular formula is C11H17ClO. The van der Waals surface area contributed by atoms with Gasteiger partial charge >= 0.3 is 0 Å². The van der Waals surface area contributed by atoms with Crippen molar-refractivity contribution in [1.29, 1.82) is 0 Å². The highest BCUT2D eigenvalue weighted by atomic mass is 35.5. The van der Waals surface area contributed by atoms with Crippen LogP contribution in [0.15, 0.2) is 0 Å². The lowest BCUT2D eigenvalue weighted by Gasteiger charge is -2.60. The summed E-state index contributed by atoms with van der Waals surface area (Å²) >= 11 is 5.45. The number of rotatable bonds is 2. The Hall–Kier alpha value is -0.0400. The van der Waals surface area contributed by atoms with Crippen LogP contribution in [0, 0.1) is 23.2 Å². The average Bonchev–Trinajstić information content (AvgIpc) is 2.03. The molecule has 1 nitrogen and oxygen atoms in total. The van der Waals surface area contributed by atoms with Gasteiger partial charge in [0.05, 0.1) is 0 Å². The van der Waals surface area contributed by atoms with Gasteiger partial charge in [0, 0.05) is 6.42 Å². The summed E-state index contributed by atoms with van der Waals surface area (Å²) in [6.07, 6.45) is 4.46. The van der Waals surface area contributed by atoms with E-state index in [9.17, 15) is 4.79 Å². The summed E-state index contributed by atoms with van der Waals surface area (Å²) in [5, 5.41) is -0.147. The van der Waals surface area contributed by atoms with Gasteiger partial charge in [-0.05, 0) is 54.0 Å². The monoisotopic (exact) mass is 200 g/mol. The van der Waals surface area contributed by atoms with Gasteiger partial charge in [-0.3, -0.25) is 4.79 Å². The smallest absolute Gasteiger partial charge is 0.221 e.